The average molecular weight is 2070 g/mol. The molecular weight excluding hydrogens is 1860 g/mol. The van der Waals surface area contributed by atoms with Crippen LogP contribution in [0.5, 0.6) is 0 Å². The number of rotatable bonds is 31. The number of morpholine rings is 1. The van der Waals surface area contributed by atoms with Gasteiger partial charge in [-0.3, -0.25) is 4.84 Å². The lowest BCUT2D eigenvalue weighted by atomic mass is 9.91. The predicted molar refractivity (Wildman–Crippen MR) is 569 cm³/mol. The first kappa shape index (κ1) is 133. The topological polar surface area (TPSA) is 305 Å². The molecule has 10 heterocycles. The summed E-state index contributed by atoms with van der Waals surface area (Å²) in [5, 5.41) is 12.5. The van der Waals surface area contributed by atoms with Crippen LogP contribution in [0.2, 0.25) is 0 Å². The number of nitrogens with zero attached hydrogens (tertiary/aromatic N) is 3. The fourth-order valence-electron chi connectivity index (χ4n) is 19.3. The van der Waals surface area contributed by atoms with Crippen LogP contribution in [0.4, 0.5) is 0 Å². The highest BCUT2D eigenvalue weighted by molar-refractivity contribution is 5.27. The van der Waals surface area contributed by atoms with E-state index in [0.29, 0.717) is 98.8 Å². The van der Waals surface area contributed by atoms with Gasteiger partial charge >= 0.3 is 0 Å². The summed E-state index contributed by atoms with van der Waals surface area (Å²) in [7, 11) is 3.66. The van der Waals surface area contributed by atoms with Crippen LogP contribution in [0.15, 0.2) is 24.8 Å². The number of ether oxygens (including phenoxy) is 25. The lowest BCUT2D eigenvalue weighted by Crippen LogP contribution is -2.62. The Morgan fingerprint density at radius 3 is 1.03 bits per heavy atom. The van der Waals surface area contributed by atoms with E-state index in [1.54, 1.807) is 13.2 Å². The third kappa shape index (κ3) is 43.7. The molecule has 0 aromatic rings. The number of hydrogen-bond acceptors (Lipinski definition) is 31. The van der Waals surface area contributed by atoms with E-state index in [0.717, 1.165) is 6.42 Å². The van der Waals surface area contributed by atoms with Crippen molar-refractivity contribution in [3.63, 3.8) is 0 Å². The fourth-order valence-corrected chi connectivity index (χ4v) is 19.3. The SMILES string of the molecule is C=C1C[C@]2(COC(C)(C)C)O[C@@H](C)C1[C@H]2OC(C)(C)C.C=CCOC1[C@H](C)O[C@H](COC(C)(C)C)[C@@H]1OC(C)(C)C.CON1C[C@]2(COC(C)(C)C)O[C@@H](C)C1[C@H]2OC(C)(C)C.C[C@@H]1O[C@@]2(COC(C)(C)C)COC1[C@H]2OC(C)(C)C.C[C@@H]1O[C@@]2(COC(C)(C)C)CON(C)C1[C@H]2OC(C)(C)C.C[C@@H]1O[C@H](COC(C)(C)C)[C@H](OC(C)(C)C)C1OCCC#N.C[C@@H]1O[C@H](COC(C)(C)C)[C@H](OC(C)(C)C)C1OCCN. The van der Waals surface area contributed by atoms with E-state index < -0.39 is 16.8 Å². The van der Waals surface area contributed by atoms with Crippen molar-refractivity contribution in [1.29, 1.82) is 5.26 Å². The number of hydroxylamine groups is 4. The molecule has 0 aromatic carbocycles. The van der Waals surface area contributed by atoms with E-state index in [1.165, 1.54) is 5.57 Å². The third-order valence-electron chi connectivity index (χ3n) is 24.8. The highest BCUT2D eigenvalue weighted by Crippen LogP contribution is 2.55. The third-order valence-corrected chi connectivity index (χ3v) is 24.8. The average Bonchev–Trinajstić information content (AvgIpc) is 1.55. The number of hydrogen-bond donors (Lipinski definition) is 1. The first-order valence-corrected chi connectivity index (χ1v) is 53.9. The zero-order valence-corrected chi connectivity index (χ0v) is 101. The molecule has 28 atom stereocenters. The van der Waals surface area contributed by atoms with E-state index in [-0.39, 0.29) is 230 Å². The molecule has 0 amide bonds. The highest BCUT2D eigenvalue weighted by Gasteiger charge is 2.68. The lowest BCUT2D eigenvalue weighted by molar-refractivity contribution is -0.285. The summed E-state index contributed by atoms with van der Waals surface area (Å²) in [6, 6.07) is 2.29. The Kier molecular flexibility index (Phi) is 48.0. The Hall–Kier alpha value is -2.23. The van der Waals surface area contributed by atoms with Gasteiger partial charge in [0.1, 0.15) is 108 Å². The summed E-state index contributed by atoms with van der Waals surface area (Å²) in [5.41, 5.74) is 1.92. The second-order valence-corrected chi connectivity index (χ2v) is 55.4. The Morgan fingerprint density at radius 2 is 0.690 bits per heavy atom. The summed E-state index contributed by atoms with van der Waals surface area (Å²) >= 11 is 0. The van der Waals surface area contributed by atoms with Gasteiger partial charge in [0.2, 0.25) is 0 Å². The Bertz CT molecular complexity index is 3830. The first-order valence-electron chi connectivity index (χ1n) is 53.9. The first-order chi connectivity index (χ1) is 65.5. The van der Waals surface area contributed by atoms with Gasteiger partial charge in [-0.1, -0.05) is 18.2 Å². The van der Waals surface area contributed by atoms with Crippen molar-refractivity contribution in [3.05, 3.63) is 24.8 Å². The van der Waals surface area contributed by atoms with Gasteiger partial charge < -0.3 is 129 Å². The Labute approximate surface area is 881 Å². The van der Waals surface area contributed by atoms with Gasteiger partial charge in [0.05, 0.1) is 238 Å². The van der Waals surface area contributed by atoms with Gasteiger partial charge in [0.25, 0.3) is 0 Å². The predicted octanol–water partition coefficient (Wildman–Crippen LogP) is 19.6. The molecule has 10 saturated heterocycles. The molecule has 11 aliphatic rings. The molecule has 10 aliphatic heterocycles. The molecule has 31 heteroatoms. The van der Waals surface area contributed by atoms with Crippen LogP contribution in [0.3, 0.4) is 0 Å². The summed E-state index contributed by atoms with van der Waals surface area (Å²) in [6.07, 6.45) is 1.79. The quantitative estimate of drug-likeness (QED) is 0.0498. The summed E-state index contributed by atoms with van der Waals surface area (Å²) in [6.45, 7) is 116. The standard InChI is InChI=1S/C17H31NO4.C17H32O4.C17H30O3.2C16H31NO4.C16H33NO4.C15H28O4/c1-12-14(19-10-8-9-18)15(22-17(5,6)7)13(21-12)11-20-16(2,3)4;1-9-10-18-14-12(2)20-13(11-19-16(3,4)5)15(14)21-17(6,7)8;1-11-9-17(10-18-15(3,4)5)14(20-16(6,7)8)13(11)12(2)19-17;1-11-12-13(21-15(5,6)7)16(20-11,9-17(12)18-8)10-19-14(2,3)4;1-11-12-13(21-15(5,6)7)16(20-11,10-19-17(12)8)9-18-14(2,3)4;1-11-13(18-9-8-17)14(21-16(5,6)7)12(20-11)10-19-15(2,3)4;1-10-11-12(19-14(5,6)7)15(18-10,8-16-11)9-17-13(2,3)4/h12-15H,8,10-11H2,1-7H3;9,12-15H,1,10-11H2,2-8H3;12-14H,1,9-10H2,2-8H3;2*11-13H,9-10H2,1-8H3;11-14H,8-10,17H2,1-7H3;10-12H,8-9H2,1-7H3/t2*12-,13+,14?,15-;12-,13?,14+,17+;11-,12?,13+,16+;11-,12?,13+,16-;11-,12+,13?,14-;10-,11?,12+,15+/m0000000/s1. The molecule has 0 spiro atoms. The van der Waals surface area contributed by atoms with Crippen molar-refractivity contribution in [2.24, 2.45) is 11.7 Å². The van der Waals surface area contributed by atoms with E-state index in [9.17, 15) is 0 Å². The van der Waals surface area contributed by atoms with Gasteiger partial charge in [0, 0.05) is 25.9 Å². The van der Waals surface area contributed by atoms with Gasteiger partial charge in [-0.15, -0.1) is 6.58 Å². The fraction of sp³-hybridized carbons (Fsp3) is 0.956. The largest absolute Gasteiger partial charge is 0.373 e. The lowest BCUT2D eigenvalue weighted by Gasteiger charge is -2.45. The number of fused-ring (bicyclic) bond motifs is 8. The molecule has 0 aromatic heterocycles. The summed E-state index contributed by atoms with van der Waals surface area (Å²) in [5.74, 6) is 0.290. The summed E-state index contributed by atoms with van der Waals surface area (Å²) in [4.78, 5) is 11.3. The normalized spacial score (nSPS) is 34.6. The minimum atomic E-state index is -0.531. The second kappa shape index (κ2) is 52.3. The molecule has 11 rings (SSSR count). The van der Waals surface area contributed by atoms with Gasteiger partial charge in [-0.2, -0.15) is 15.4 Å². The molecule has 145 heavy (non-hydrogen) atoms. The number of nitrogens with two attached hydrogens (primary N) is 1. The van der Waals surface area contributed by atoms with Crippen LogP contribution in [0, 0.1) is 17.2 Å². The maximum Gasteiger partial charge on any atom is 0.145 e. The van der Waals surface area contributed by atoms with Gasteiger partial charge in [-0.25, -0.2) is 0 Å². The second-order valence-electron chi connectivity index (χ2n) is 55.4. The van der Waals surface area contributed by atoms with Crippen molar-refractivity contribution in [1.82, 2.24) is 10.1 Å². The molecule has 2 N–H and O–H groups in total. The molecule has 854 valence electrons. The zero-order valence-electron chi connectivity index (χ0n) is 101. The van der Waals surface area contributed by atoms with Crippen LogP contribution in [-0.4, -0.2) is 358 Å². The van der Waals surface area contributed by atoms with Crippen molar-refractivity contribution >= 4 is 0 Å². The minimum Gasteiger partial charge on any atom is -0.373 e. The number of likely N-dealkylation sites (N-methyl/N-ethyl adjacent to an activating group) is 1. The minimum absolute atomic E-state index is 0.0165. The maximum atomic E-state index is 8.67. The molecule has 8 bridgehead atoms. The van der Waals surface area contributed by atoms with Crippen LogP contribution in [0.25, 0.3) is 0 Å². The summed E-state index contributed by atoms with van der Waals surface area (Å²) < 4.78 is 152. The highest BCUT2D eigenvalue weighted by atomic mass is 16.7. The molecule has 1 saturated carbocycles. The van der Waals surface area contributed by atoms with Crippen molar-refractivity contribution in [3.8, 4) is 6.07 Å². The van der Waals surface area contributed by atoms with Crippen LogP contribution < -0.4 is 5.73 Å². The van der Waals surface area contributed by atoms with Crippen LogP contribution in [-0.2, 0) is 128 Å². The van der Waals surface area contributed by atoms with Crippen LogP contribution in [0.1, 0.15) is 352 Å². The van der Waals surface area contributed by atoms with Crippen LogP contribution >= 0.6 is 0 Å². The zero-order chi connectivity index (χ0) is 111. The molecule has 31 nitrogen and oxygen atoms in total. The molecule has 11 fully saturated rings. The van der Waals surface area contributed by atoms with E-state index in [4.69, 9.17) is 139 Å². The molecular formula is C114H216N4O27. The monoisotopic (exact) mass is 2070 g/mol. The van der Waals surface area contributed by atoms with Gasteiger partial charge in [-0.05, 0) is 339 Å². The maximum absolute atomic E-state index is 8.67. The van der Waals surface area contributed by atoms with Crippen molar-refractivity contribution < 1.29 is 128 Å². The number of nitriles is 1. The van der Waals surface area contributed by atoms with E-state index >= 15 is 0 Å². The molecule has 1 aliphatic carbocycles. The smallest absolute Gasteiger partial charge is 0.145 e. The Morgan fingerprint density at radius 1 is 0.372 bits per heavy atom. The van der Waals surface area contributed by atoms with Crippen molar-refractivity contribution in [2.45, 2.75) is 593 Å². The van der Waals surface area contributed by atoms with Crippen molar-refractivity contribution in [2.75, 3.05) is 107 Å². The molecule has 7 unspecified atom stereocenters. The van der Waals surface area contributed by atoms with E-state index in [1.807, 2.05) is 169 Å². The van der Waals surface area contributed by atoms with Gasteiger partial charge in [0.15, 0.2) is 0 Å². The van der Waals surface area contributed by atoms with E-state index in [2.05, 4.69) is 206 Å². The Balaban J connectivity index is 0.000000298. The molecule has 0 radical (unpaired) electrons.